The standard InChI is InChI=1S/C12H17Cl2N5/c1-3-10-12(14)11(18(2)16-10)8-19-7-9(15-17-19)5-4-6-13/h7H,3-6,8H2,1-2H3. The van der Waals surface area contributed by atoms with Gasteiger partial charge < -0.3 is 0 Å². The molecule has 0 saturated heterocycles. The quantitative estimate of drug-likeness (QED) is 0.770. The molecule has 2 heterocycles. The second-order valence-electron chi connectivity index (χ2n) is 4.38. The summed E-state index contributed by atoms with van der Waals surface area (Å²) in [6, 6.07) is 0. The minimum Gasteiger partial charge on any atom is -0.269 e. The number of hydrogen-bond donors (Lipinski definition) is 0. The second kappa shape index (κ2) is 6.39. The van der Waals surface area contributed by atoms with E-state index in [0.717, 1.165) is 41.4 Å². The maximum Gasteiger partial charge on any atom is 0.0869 e. The third-order valence-electron chi connectivity index (χ3n) is 2.97. The molecule has 0 aliphatic rings. The molecule has 0 aliphatic heterocycles. The topological polar surface area (TPSA) is 48.5 Å². The molecule has 0 amide bonds. The van der Waals surface area contributed by atoms with E-state index in [2.05, 4.69) is 15.4 Å². The molecule has 0 radical (unpaired) electrons. The first-order valence-electron chi connectivity index (χ1n) is 6.31. The molecule has 2 rings (SSSR count). The highest BCUT2D eigenvalue weighted by Crippen LogP contribution is 2.21. The first kappa shape index (κ1) is 14.3. The van der Waals surface area contributed by atoms with E-state index in [0.29, 0.717) is 12.4 Å². The molecule has 0 aliphatic carbocycles. The van der Waals surface area contributed by atoms with Gasteiger partial charge >= 0.3 is 0 Å². The van der Waals surface area contributed by atoms with E-state index in [1.54, 1.807) is 9.36 Å². The van der Waals surface area contributed by atoms with Gasteiger partial charge in [0.15, 0.2) is 0 Å². The first-order chi connectivity index (χ1) is 9.15. The Bertz CT molecular complexity index is 546. The van der Waals surface area contributed by atoms with Crippen molar-refractivity contribution in [3.8, 4) is 0 Å². The van der Waals surface area contributed by atoms with Gasteiger partial charge in [-0.1, -0.05) is 23.7 Å². The van der Waals surface area contributed by atoms with Gasteiger partial charge in [-0.3, -0.25) is 4.68 Å². The summed E-state index contributed by atoms with van der Waals surface area (Å²) in [5, 5.41) is 13.3. The number of aromatic nitrogens is 5. The van der Waals surface area contributed by atoms with E-state index in [1.165, 1.54) is 0 Å². The molecule has 0 spiro atoms. The number of aryl methyl sites for hydroxylation is 3. The van der Waals surface area contributed by atoms with E-state index >= 15 is 0 Å². The van der Waals surface area contributed by atoms with Crippen molar-refractivity contribution in [1.29, 1.82) is 0 Å². The predicted molar refractivity (Wildman–Crippen MR) is 75.8 cm³/mol. The summed E-state index contributed by atoms with van der Waals surface area (Å²) in [5.41, 5.74) is 2.82. The zero-order valence-corrected chi connectivity index (χ0v) is 12.6. The van der Waals surface area contributed by atoms with Crippen LogP contribution < -0.4 is 0 Å². The predicted octanol–water partition coefficient (Wildman–Crippen LogP) is 2.45. The van der Waals surface area contributed by atoms with Crippen LogP contribution in [0.5, 0.6) is 0 Å². The highest BCUT2D eigenvalue weighted by molar-refractivity contribution is 6.31. The lowest BCUT2D eigenvalue weighted by Crippen LogP contribution is -2.06. The molecule has 5 nitrogen and oxygen atoms in total. The summed E-state index contributed by atoms with van der Waals surface area (Å²) in [6.07, 6.45) is 4.52. The van der Waals surface area contributed by atoms with Crippen LogP contribution in [0.1, 0.15) is 30.4 Å². The van der Waals surface area contributed by atoms with Gasteiger partial charge in [-0.05, 0) is 19.3 Å². The van der Waals surface area contributed by atoms with Gasteiger partial charge in [-0.25, -0.2) is 4.68 Å². The van der Waals surface area contributed by atoms with Crippen LogP contribution in [-0.2, 0) is 26.4 Å². The maximum absolute atomic E-state index is 6.31. The van der Waals surface area contributed by atoms with Crippen molar-refractivity contribution >= 4 is 23.2 Å². The normalized spacial score (nSPS) is 11.2. The Labute approximate surface area is 122 Å². The highest BCUT2D eigenvalue weighted by Gasteiger charge is 2.14. The molecular formula is C12H17Cl2N5. The van der Waals surface area contributed by atoms with Crippen LogP contribution in [0.15, 0.2) is 6.20 Å². The van der Waals surface area contributed by atoms with Crippen molar-refractivity contribution in [2.45, 2.75) is 32.7 Å². The molecule has 0 unspecified atom stereocenters. The monoisotopic (exact) mass is 301 g/mol. The molecule has 19 heavy (non-hydrogen) atoms. The molecular weight excluding hydrogens is 285 g/mol. The molecule has 0 atom stereocenters. The Morgan fingerprint density at radius 2 is 2.16 bits per heavy atom. The fourth-order valence-corrected chi connectivity index (χ4v) is 2.41. The Morgan fingerprint density at radius 1 is 1.37 bits per heavy atom. The van der Waals surface area contributed by atoms with Crippen LogP contribution in [0, 0.1) is 0 Å². The van der Waals surface area contributed by atoms with Gasteiger partial charge in [0.05, 0.1) is 28.6 Å². The number of nitrogens with zero attached hydrogens (tertiary/aromatic N) is 5. The van der Waals surface area contributed by atoms with Gasteiger partial charge in [-0.2, -0.15) is 5.10 Å². The largest absolute Gasteiger partial charge is 0.269 e. The molecule has 104 valence electrons. The lowest BCUT2D eigenvalue weighted by atomic mass is 10.3. The third kappa shape index (κ3) is 3.28. The van der Waals surface area contributed by atoms with Gasteiger partial charge in [0.25, 0.3) is 0 Å². The summed E-state index contributed by atoms with van der Waals surface area (Å²) >= 11 is 12.0. The van der Waals surface area contributed by atoms with Gasteiger partial charge in [-0.15, -0.1) is 16.7 Å². The SMILES string of the molecule is CCc1nn(C)c(Cn2cc(CCCCl)nn2)c1Cl. The van der Waals surface area contributed by atoms with Crippen LogP contribution in [0.2, 0.25) is 5.02 Å². The van der Waals surface area contributed by atoms with E-state index < -0.39 is 0 Å². The van der Waals surface area contributed by atoms with Crippen molar-refractivity contribution < 1.29 is 0 Å². The van der Waals surface area contributed by atoms with Crippen LogP contribution in [0.25, 0.3) is 0 Å². The minimum atomic E-state index is 0.580. The van der Waals surface area contributed by atoms with Crippen molar-refractivity contribution in [3.05, 3.63) is 28.3 Å². The first-order valence-corrected chi connectivity index (χ1v) is 7.22. The Kier molecular flexibility index (Phi) is 4.82. The zero-order valence-electron chi connectivity index (χ0n) is 11.1. The lowest BCUT2D eigenvalue weighted by Gasteiger charge is -2.01. The summed E-state index contributed by atoms with van der Waals surface area (Å²) in [5.74, 6) is 0.639. The second-order valence-corrected chi connectivity index (χ2v) is 5.14. The van der Waals surface area contributed by atoms with Gasteiger partial charge in [0, 0.05) is 19.1 Å². The molecule has 0 saturated carbocycles. The van der Waals surface area contributed by atoms with E-state index in [4.69, 9.17) is 23.2 Å². The highest BCUT2D eigenvalue weighted by atomic mass is 35.5. The molecule has 2 aromatic rings. The number of alkyl halides is 1. The van der Waals surface area contributed by atoms with Crippen molar-refractivity contribution in [2.24, 2.45) is 7.05 Å². The number of rotatable bonds is 6. The average molecular weight is 302 g/mol. The Hall–Kier alpha value is -1.07. The van der Waals surface area contributed by atoms with Crippen LogP contribution >= 0.6 is 23.2 Å². The lowest BCUT2D eigenvalue weighted by molar-refractivity contribution is 0.598. The zero-order chi connectivity index (χ0) is 13.8. The molecule has 7 heteroatoms. The van der Waals surface area contributed by atoms with E-state index in [1.807, 2.05) is 20.2 Å². The van der Waals surface area contributed by atoms with Crippen molar-refractivity contribution in [2.75, 3.05) is 5.88 Å². The summed E-state index contributed by atoms with van der Waals surface area (Å²) in [4.78, 5) is 0. The summed E-state index contributed by atoms with van der Waals surface area (Å²) < 4.78 is 3.59. The van der Waals surface area contributed by atoms with Crippen molar-refractivity contribution in [1.82, 2.24) is 24.8 Å². The molecule has 0 N–H and O–H groups in total. The van der Waals surface area contributed by atoms with Crippen LogP contribution in [0.4, 0.5) is 0 Å². The minimum absolute atomic E-state index is 0.580. The van der Waals surface area contributed by atoms with E-state index in [-0.39, 0.29) is 0 Å². The fourth-order valence-electron chi connectivity index (χ4n) is 1.92. The smallest absolute Gasteiger partial charge is 0.0869 e. The third-order valence-corrected chi connectivity index (χ3v) is 3.67. The van der Waals surface area contributed by atoms with Crippen LogP contribution in [-0.4, -0.2) is 30.7 Å². The molecule has 2 aromatic heterocycles. The molecule has 0 bridgehead atoms. The maximum atomic E-state index is 6.31. The van der Waals surface area contributed by atoms with Gasteiger partial charge in [0.2, 0.25) is 0 Å². The van der Waals surface area contributed by atoms with Crippen molar-refractivity contribution in [3.63, 3.8) is 0 Å². The summed E-state index contributed by atoms with van der Waals surface area (Å²) in [7, 11) is 1.89. The Morgan fingerprint density at radius 3 is 2.79 bits per heavy atom. The fraction of sp³-hybridized carbons (Fsp3) is 0.583. The Balaban J connectivity index is 2.12. The van der Waals surface area contributed by atoms with Crippen LogP contribution in [0.3, 0.4) is 0 Å². The van der Waals surface area contributed by atoms with Gasteiger partial charge in [0.1, 0.15) is 0 Å². The van der Waals surface area contributed by atoms with E-state index in [9.17, 15) is 0 Å². The number of hydrogen-bond acceptors (Lipinski definition) is 3. The molecule has 0 aromatic carbocycles. The molecule has 0 fully saturated rings. The average Bonchev–Trinajstić information content (AvgIpc) is 2.96. The number of halogens is 2. The summed E-state index contributed by atoms with van der Waals surface area (Å²) in [6.45, 7) is 2.62.